The summed E-state index contributed by atoms with van der Waals surface area (Å²) in [6, 6.07) is 8.51. The van der Waals surface area contributed by atoms with Crippen molar-refractivity contribution in [2.24, 2.45) is 11.8 Å². The van der Waals surface area contributed by atoms with Crippen LogP contribution in [0.15, 0.2) is 24.3 Å². The fraction of sp³-hybridized carbons (Fsp3) is 0.556. The molecule has 2 bridgehead atoms. The molecule has 3 fully saturated rings. The largest absolute Gasteiger partial charge is 0.359 e. The number of benzene rings is 1. The molecule has 2 aliphatic carbocycles. The summed E-state index contributed by atoms with van der Waals surface area (Å²) in [6.07, 6.45) is 6.97. The highest BCUT2D eigenvalue weighted by molar-refractivity contribution is 7.80. The summed E-state index contributed by atoms with van der Waals surface area (Å²) in [5, 5.41) is 7.49. The van der Waals surface area contributed by atoms with E-state index in [-0.39, 0.29) is 5.91 Å². The molecule has 0 radical (unpaired) electrons. The Labute approximate surface area is 142 Å². The number of fused-ring (bicyclic) bond motifs is 2. The van der Waals surface area contributed by atoms with E-state index >= 15 is 0 Å². The van der Waals surface area contributed by atoms with Gasteiger partial charge in [0.2, 0.25) is 5.91 Å². The van der Waals surface area contributed by atoms with E-state index in [0.29, 0.717) is 17.6 Å². The number of amides is 1. The molecule has 1 aromatic rings. The molecule has 3 atom stereocenters. The minimum atomic E-state index is 0.213. The van der Waals surface area contributed by atoms with Gasteiger partial charge in [0.15, 0.2) is 5.11 Å². The van der Waals surface area contributed by atoms with Gasteiger partial charge in [0.1, 0.15) is 0 Å². The first-order valence-electron chi connectivity index (χ1n) is 8.67. The number of thiocarbonyl (C=S) groups is 1. The summed E-state index contributed by atoms with van der Waals surface area (Å²) in [5.41, 5.74) is 1.91. The van der Waals surface area contributed by atoms with Gasteiger partial charge < -0.3 is 15.5 Å². The van der Waals surface area contributed by atoms with Gasteiger partial charge in [-0.3, -0.25) is 4.79 Å². The fourth-order valence-electron chi connectivity index (χ4n) is 4.43. The molecule has 122 valence electrons. The zero-order chi connectivity index (χ0) is 15.8. The molecular formula is C18H23N3OS. The molecular weight excluding hydrogens is 306 g/mol. The second-order valence-corrected chi connectivity index (χ2v) is 7.49. The van der Waals surface area contributed by atoms with Crippen LogP contribution in [0.1, 0.15) is 38.5 Å². The minimum Gasteiger partial charge on any atom is -0.359 e. The first kappa shape index (κ1) is 14.9. The maximum absolute atomic E-state index is 11.9. The topological polar surface area (TPSA) is 44.4 Å². The number of carbonyl (C=O) groups is 1. The third-order valence-electron chi connectivity index (χ3n) is 5.54. The molecule has 23 heavy (non-hydrogen) atoms. The van der Waals surface area contributed by atoms with Crippen LogP contribution in [0.2, 0.25) is 0 Å². The molecule has 1 heterocycles. The number of nitrogens with zero attached hydrogens (tertiary/aromatic N) is 1. The highest BCUT2D eigenvalue weighted by Crippen LogP contribution is 2.44. The van der Waals surface area contributed by atoms with Gasteiger partial charge in [-0.05, 0) is 67.9 Å². The van der Waals surface area contributed by atoms with Gasteiger partial charge in [0.25, 0.3) is 0 Å². The van der Waals surface area contributed by atoms with Crippen LogP contribution in [0, 0.1) is 11.8 Å². The van der Waals surface area contributed by atoms with Gasteiger partial charge in [-0.25, -0.2) is 0 Å². The van der Waals surface area contributed by atoms with Gasteiger partial charge in [-0.15, -0.1) is 0 Å². The highest BCUT2D eigenvalue weighted by atomic mass is 32.1. The number of carbonyl (C=O) groups excluding carboxylic acids is 1. The van der Waals surface area contributed by atoms with Gasteiger partial charge in [-0.1, -0.05) is 12.5 Å². The lowest BCUT2D eigenvalue weighted by Crippen LogP contribution is -2.40. The molecule has 1 amide bonds. The molecule has 1 saturated heterocycles. The summed E-state index contributed by atoms with van der Waals surface area (Å²) in [4.78, 5) is 13.7. The Balaban J connectivity index is 1.38. The monoisotopic (exact) mass is 329 g/mol. The second kappa shape index (κ2) is 6.11. The van der Waals surface area contributed by atoms with Gasteiger partial charge in [0.05, 0.1) is 0 Å². The average Bonchev–Trinajstić information content (AvgIpc) is 3.24. The Morgan fingerprint density at radius 2 is 2.17 bits per heavy atom. The predicted octanol–water partition coefficient (Wildman–Crippen LogP) is 3.29. The van der Waals surface area contributed by atoms with Crippen LogP contribution >= 0.6 is 12.2 Å². The lowest BCUT2D eigenvalue weighted by atomic mass is 9.96. The Bertz CT molecular complexity index is 632. The summed E-state index contributed by atoms with van der Waals surface area (Å²) in [5.74, 6) is 1.92. The summed E-state index contributed by atoms with van der Waals surface area (Å²) in [7, 11) is 0. The molecule has 1 aromatic carbocycles. The predicted molar refractivity (Wildman–Crippen MR) is 96.6 cm³/mol. The van der Waals surface area contributed by atoms with Crippen LogP contribution < -0.4 is 15.5 Å². The molecule has 5 heteroatoms. The average molecular weight is 329 g/mol. The molecule has 2 N–H and O–H groups in total. The van der Waals surface area contributed by atoms with Crippen molar-refractivity contribution in [3.63, 3.8) is 0 Å². The number of hydrogen-bond donors (Lipinski definition) is 2. The fourth-order valence-corrected chi connectivity index (χ4v) is 4.70. The van der Waals surface area contributed by atoms with Crippen molar-refractivity contribution in [1.82, 2.24) is 5.32 Å². The molecule has 0 unspecified atom stereocenters. The van der Waals surface area contributed by atoms with Crippen LogP contribution in [0.3, 0.4) is 0 Å². The van der Waals surface area contributed by atoms with Gasteiger partial charge in [-0.2, -0.15) is 0 Å². The van der Waals surface area contributed by atoms with Gasteiger partial charge in [0, 0.05) is 30.4 Å². The highest BCUT2D eigenvalue weighted by Gasteiger charge is 2.39. The summed E-state index contributed by atoms with van der Waals surface area (Å²) >= 11 is 5.49. The van der Waals surface area contributed by atoms with E-state index in [1.165, 1.54) is 25.7 Å². The number of anilines is 2. The Kier molecular flexibility index (Phi) is 3.97. The minimum absolute atomic E-state index is 0.213. The molecule has 1 aliphatic heterocycles. The third kappa shape index (κ3) is 3.07. The molecule has 4 rings (SSSR count). The Morgan fingerprint density at radius 1 is 1.26 bits per heavy atom. The summed E-state index contributed by atoms with van der Waals surface area (Å²) in [6.45, 7) is 0.816. The van der Waals surface area contributed by atoms with E-state index in [1.807, 2.05) is 29.2 Å². The maximum Gasteiger partial charge on any atom is 0.227 e. The van der Waals surface area contributed by atoms with Crippen molar-refractivity contribution >= 4 is 34.6 Å². The lowest BCUT2D eigenvalue weighted by Gasteiger charge is -2.25. The van der Waals surface area contributed by atoms with E-state index in [2.05, 4.69) is 10.6 Å². The van der Waals surface area contributed by atoms with Crippen molar-refractivity contribution in [3.05, 3.63) is 24.3 Å². The number of rotatable bonds is 3. The molecule has 3 aliphatic rings. The van der Waals surface area contributed by atoms with Crippen molar-refractivity contribution < 1.29 is 4.79 Å². The molecule has 4 nitrogen and oxygen atoms in total. The van der Waals surface area contributed by atoms with Crippen molar-refractivity contribution in [3.8, 4) is 0 Å². The summed E-state index contributed by atoms with van der Waals surface area (Å²) < 4.78 is 0. The third-order valence-corrected chi connectivity index (χ3v) is 5.76. The van der Waals surface area contributed by atoms with Crippen LogP contribution in [0.25, 0.3) is 0 Å². The van der Waals surface area contributed by atoms with Crippen LogP contribution in [0.5, 0.6) is 0 Å². The Morgan fingerprint density at radius 3 is 2.87 bits per heavy atom. The van der Waals surface area contributed by atoms with Crippen molar-refractivity contribution in [2.45, 2.75) is 44.6 Å². The SMILES string of the molecule is O=C1CCCN1c1cccc(NC(=S)N[C@@H]2C[C@H]3CC[C@H]2C3)c1. The van der Waals surface area contributed by atoms with E-state index < -0.39 is 0 Å². The van der Waals surface area contributed by atoms with Crippen molar-refractivity contribution in [2.75, 3.05) is 16.8 Å². The second-order valence-electron chi connectivity index (χ2n) is 7.08. The standard InChI is InChI=1S/C18H23N3OS/c22-17-5-2-8-21(17)15-4-1-3-14(11-15)19-18(23)20-16-10-12-6-7-13(16)9-12/h1,3-4,11-13,16H,2,5-10H2,(H2,19,20,23)/t12-,13-,16+/m0/s1. The first-order valence-corrected chi connectivity index (χ1v) is 9.08. The van der Waals surface area contributed by atoms with Crippen LogP contribution in [-0.4, -0.2) is 23.6 Å². The number of nitrogens with one attached hydrogen (secondary N) is 2. The van der Waals surface area contributed by atoms with E-state index in [9.17, 15) is 4.79 Å². The van der Waals surface area contributed by atoms with E-state index in [0.717, 1.165) is 36.2 Å². The first-order chi connectivity index (χ1) is 11.2. The van der Waals surface area contributed by atoms with E-state index in [1.54, 1.807) is 0 Å². The van der Waals surface area contributed by atoms with Crippen molar-refractivity contribution in [1.29, 1.82) is 0 Å². The normalized spacial score (nSPS) is 29.1. The lowest BCUT2D eigenvalue weighted by molar-refractivity contribution is -0.117. The molecule has 2 saturated carbocycles. The zero-order valence-electron chi connectivity index (χ0n) is 13.3. The van der Waals surface area contributed by atoms with Gasteiger partial charge >= 0.3 is 0 Å². The van der Waals surface area contributed by atoms with Crippen LogP contribution in [0.4, 0.5) is 11.4 Å². The smallest absolute Gasteiger partial charge is 0.227 e. The zero-order valence-corrected chi connectivity index (χ0v) is 14.1. The molecule has 0 spiro atoms. The number of hydrogen-bond acceptors (Lipinski definition) is 2. The van der Waals surface area contributed by atoms with Crippen LogP contribution in [-0.2, 0) is 4.79 Å². The molecule has 0 aromatic heterocycles. The van der Waals surface area contributed by atoms with E-state index in [4.69, 9.17) is 12.2 Å². The quantitative estimate of drug-likeness (QED) is 0.835. The Hall–Kier alpha value is -1.62. The maximum atomic E-state index is 11.9.